The Hall–Kier alpha value is -0.0800. The molecule has 12 heavy (non-hydrogen) atoms. The molecule has 0 radical (unpaired) electrons. The van der Waals surface area contributed by atoms with E-state index in [0.717, 1.165) is 12.1 Å². The predicted octanol–water partition coefficient (Wildman–Crippen LogP) is 1.22. The molecule has 0 amide bonds. The van der Waals surface area contributed by atoms with Gasteiger partial charge in [-0.2, -0.15) is 0 Å². The molecule has 2 fully saturated rings. The maximum Gasteiger partial charge on any atom is 0.00823 e. The highest BCUT2D eigenvalue weighted by molar-refractivity contribution is 4.86. The van der Waals surface area contributed by atoms with Crippen LogP contribution in [-0.4, -0.2) is 37.1 Å². The monoisotopic (exact) mass is 168 g/mol. The summed E-state index contributed by atoms with van der Waals surface area (Å²) in [7, 11) is 2.24. The van der Waals surface area contributed by atoms with Crippen molar-refractivity contribution in [3.63, 3.8) is 0 Å². The van der Waals surface area contributed by atoms with Crippen molar-refractivity contribution in [1.82, 2.24) is 10.2 Å². The lowest BCUT2D eigenvalue weighted by Gasteiger charge is -2.15. The number of rotatable bonds is 2. The van der Waals surface area contributed by atoms with Gasteiger partial charge in [0.2, 0.25) is 0 Å². The number of nitrogens with one attached hydrogen (secondary N) is 1. The number of hydrogen-bond acceptors (Lipinski definition) is 2. The summed E-state index contributed by atoms with van der Waals surface area (Å²) in [6.45, 7) is 2.58. The predicted molar refractivity (Wildman–Crippen MR) is 51.3 cm³/mol. The van der Waals surface area contributed by atoms with Gasteiger partial charge in [-0.15, -0.1) is 0 Å². The van der Waals surface area contributed by atoms with E-state index in [1.165, 1.54) is 45.2 Å². The Morgan fingerprint density at radius 3 is 2.50 bits per heavy atom. The largest absolute Gasteiger partial charge is 0.311 e. The van der Waals surface area contributed by atoms with Gasteiger partial charge in [0.25, 0.3) is 0 Å². The lowest BCUT2D eigenvalue weighted by Crippen LogP contribution is -2.31. The van der Waals surface area contributed by atoms with Gasteiger partial charge in [0.1, 0.15) is 0 Å². The van der Waals surface area contributed by atoms with Crippen LogP contribution in [0.15, 0.2) is 0 Å². The third-order valence-corrected chi connectivity index (χ3v) is 3.00. The highest BCUT2D eigenvalue weighted by Crippen LogP contribution is 2.21. The van der Waals surface area contributed by atoms with Gasteiger partial charge in [-0.3, -0.25) is 0 Å². The smallest absolute Gasteiger partial charge is 0.00823 e. The van der Waals surface area contributed by atoms with Crippen LogP contribution in [-0.2, 0) is 0 Å². The molecule has 1 saturated carbocycles. The molecule has 2 aliphatic rings. The van der Waals surface area contributed by atoms with E-state index in [9.17, 15) is 0 Å². The average molecular weight is 168 g/mol. The molecule has 1 aliphatic carbocycles. The number of hydrogen-bond donors (Lipinski definition) is 1. The van der Waals surface area contributed by atoms with Gasteiger partial charge < -0.3 is 10.2 Å². The third-order valence-electron chi connectivity index (χ3n) is 3.00. The Morgan fingerprint density at radius 2 is 1.75 bits per heavy atom. The van der Waals surface area contributed by atoms with Crippen LogP contribution in [0, 0.1) is 0 Å². The van der Waals surface area contributed by atoms with Crippen LogP contribution < -0.4 is 5.32 Å². The van der Waals surface area contributed by atoms with E-state index in [0.29, 0.717) is 0 Å². The van der Waals surface area contributed by atoms with Gasteiger partial charge in [-0.1, -0.05) is 0 Å². The molecule has 0 spiro atoms. The first-order valence-corrected chi connectivity index (χ1v) is 5.29. The van der Waals surface area contributed by atoms with Crippen LogP contribution >= 0.6 is 0 Å². The Balaban J connectivity index is 1.73. The molecule has 1 aliphatic heterocycles. The molecule has 1 atom stereocenters. The van der Waals surface area contributed by atoms with E-state index in [4.69, 9.17) is 0 Å². The normalized spacial score (nSPS) is 33.2. The first-order chi connectivity index (χ1) is 5.84. The molecular formula is C10H20N2. The minimum absolute atomic E-state index is 0.822. The fourth-order valence-corrected chi connectivity index (χ4v) is 1.99. The van der Waals surface area contributed by atoms with Crippen molar-refractivity contribution in [3.05, 3.63) is 0 Å². The average Bonchev–Trinajstić information content (AvgIpc) is 2.83. The molecule has 1 N–H and O–H groups in total. The van der Waals surface area contributed by atoms with Crippen molar-refractivity contribution in [2.24, 2.45) is 0 Å². The molecular weight excluding hydrogens is 148 g/mol. The summed E-state index contributed by atoms with van der Waals surface area (Å²) >= 11 is 0. The SMILES string of the molecule is CN1CCCC(NC2CC2)CC1. The van der Waals surface area contributed by atoms with Crippen molar-refractivity contribution in [2.45, 2.75) is 44.2 Å². The van der Waals surface area contributed by atoms with Crippen molar-refractivity contribution >= 4 is 0 Å². The second-order valence-electron chi connectivity index (χ2n) is 4.37. The Morgan fingerprint density at radius 1 is 1.00 bits per heavy atom. The van der Waals surface area contributed by atoms with Crippen molar-refractivity contribution in [1.29, 1.82) is 0 Å². The summed E-state index contributed by atoms with van der Waals surface area (Å²) in [4.78, 5) is 2.45. The highest BCUT2D eigenvalue weighted by Gasteiger charge is 2.25. The molecule has 1 heterocycles. The number of nitrogens with zero attached hydrogens (tertiary/aromatic N) is 1. The molecule has 0 bridgehead atoms. The molecule has 1 saturated heterocycles. The van der Waals surface area contributed by atoms with Crippen molar-refractivity contribution < 1.29 is 0 Å². The van der Waals surface area contributed by atoms with Gasteiger partial charge >= 0.3 is 0 Å². The van der Waals surface area contributed by atoms with E-state index in [1.54, 1.807) is 0 Å². The van der Waals surface area contributed by atoms with Crippen molar-refractivity contribution in [2.75, 3.05) is 20.1 Å². The molecule has 2 rings (SSSR count). The molecule has 0 aromatic heterocycles. The molecule has 1 unspecified atom stereocenters. The summed E-state index contributed by atoms with van der Waals surface area (Å²) in [5, 5.41) is 3.73. The van der Waals surface area contributed by atoms with Crippen LogP contribution in [0.2, 0.25) is 0 Å². The molecule has 0 aromatic rings. The van der Waals surface area contributed by atoms with E-state index < -0.39 is 0 Å². The fraction of sp³-hybridized carbons (Fsp3) is 1.00. The highest BCUT2D eigenvalue weighted by atomic mass is 15.1. The van der Waals surface area contributed by atoms with E-state index in [2.05, 4.69) is 17.3 Å². The zero-order valence-corrected chi connectivity index (χ0v) is 8.05. The van der Waals surface area contributed by atoms with Crippen molar-refractivity contribution in [3.8, 4) is 0 Å². The van der Waals surface area contributed by atoms with Gasteiger partial charge in [0.05, 0.1) is 0 Å². The maximum absolute atomic E-state index is 3.73. The lowest BCUT2D eigenvalue weighted by molar-refractivity contribution is 0.343. The van der Waals surface area contributed by atoms with E-state index in [-0.39, 0.29) is 0 Å². The van der Waals surface area contributed by atoms with E-state index >= 15 is 0 Å². The Kier molecular flexibility index (Phi) is 2.66. The van der Waals surface area contributed by atoms with Crippen LogP contribution in [0.1, 0.15) is 32.1 Å². The second kappa shape index (κ2) is 3.75. The Bertz CT molecular complexity index is 143. The van der Waals surface area contributed by atoms with Gasteiger partial charge in [-0.05, 0) is 52.2 Å². The van der Waals surface area contributed by atoms with Gasteiger partial charge in [-0.25, -0.2) is 0 Å². The topological polar surface area (TPSA) is 15.3 Å². The summed E-state index contributed by atoms with van der Waals surface area (Å²) < 4.78 is 0. The van der Waals surface area contributed by atoms with Crippen LogP contribution in [0.4, 0.5) is 0 Å². The second-order valence-corrected chi connectivity index (χ2v) is 4.37. The standard InChI is InChI=1S/C10H20N2/c1-12-7-2-3-9(6-8-12)11-10-4-5-10/h9-11H,2-8H2,1H3. The summed E-state index contributed by atoms with van der Waals surface area (Å²) in [5.41, 5.74) is 0. The first kappa shape index (κ1) is 8.52. The minimum atomic E-state index is 0.822. The zero-order chi connectivity index (χ0) is 8.39. The van der Waals surface area contributed by atoms with Gasteiger partial charge in [0.15, 0.2) is 0 Å². The number of likely N-dealkylation sites (tertiary alicyclic amines) is 1. The molecule has 0 aromatic carbocycles. The summed E-state index contributed by atoms with van der Waals surface area (Å²) in [6, 6.07) is 1.71. The molecule has 2 heteroatoms. The van der Waals surface area contributed by atoms with Gasteiger partial charge in [0, 0.05) is 12.1 Å². The lowest BCUT2D eigenvalue weighted by atomic mass is 10.1. The quantitative estimate of drug-likeness (QED) is 0.667. The maximum atomic E-state index is 3.73. The fourth-order valence-electron chi connectivity index (χ4n) is 1.99. The van der Waals surface area contributed by atoms with Crippen LogP contribution in [0.3, 0.4) is 0 Å². The molecule has 70 valence electrons. The zero-order valence-electron chi connectivity index (χ0n) is 8.05. The third kappa shape index (κ3) is 2.46. The van der Waals surface area contributed by atoms with Crippen LogP contribution in [0.25, 0.3) is 0 Å². The minimum Gasteiger partial charge on any atom is -0.311 e. The van der Waals surface area contributed by atoms with Crippen LogP contribution in [0.5, 0.6) is 0 Å². The molecule has 2 nitrogen and oxygen atoms in total. The van der Waals surface area contributed by atoms with E-state index in [1.807, 2.05) is 0 Å². The summed E-state index contributed by atoms with van der Waals surface area (Å²) in [6.07, 6.45) is 6.97. The Labute approximate surface area is 75.3 Å². The first-order valence-electron chi connectivity index (χ1n) is 5.29. The summed E-state index contributed by atoms with van der Waals surface area (Å²) in [5.74, 6) is 0.